The molecule has 0 aromatic heterocycles. The number of ether oxygens (including phenoxy) is 1. The van der Waals surface area contributed by atoms with Crippen LogP contribution in [0.15, 0.2) is 40.9 Å². The first-order valence-corrected chi connectivity index (χ1v) is 6.61. The molecule has 0 spiro atoms. The smallest absolute Gasteiger partial charge is 0.339 e. The second-order valence-electron chi connectivity index (χ2n) is 3.98. The van der Waals surface area contributed by atoms with Gasteiger partial charge in [0.05, 0.1) is 5.02 Å². The number of aromatic carboxylic acids is 1. The Morgan fingerprint density at radius 2 is 1.95 bits per heavy atom. The average molecular weight is 342 g/mol. The molecule has 2 aromatic carbocycles. The van der Waals surface area contributed by atoms with E-state index in [1.165, 1.54) is 6.07 Å². The Morgan fingerprint density at radius 1 is 1.21 bits per heavy atom. The van der Waals surface area contributed by atoms with E-state index in [2.05, 4.69) is 15.9 Å². The predicted molar refractivity (Wildman–Crippen MR) is 77.4 cm³/mol. The Hall–Kier alpha value is -1.52. The lowest BCUT2D eigenvalue weighted by Gasteiger charge is -2.11. The van der Waals surface area contributed by atoms with Crippen LogP contribution in [0.5, 0.6) is 11.5 Å². The number of carbonyl (C=O) groups is 1. The first-order chi connectivity index (χ1) is 8.97. The third-order valence-electron chi connectivity index (χ3n) is 2.48. The van der Waals surface area contributed by atoms with Gasteiger partial charge in [0.1, 0.15) is 17.1 Å². The first-order valence-electron chi connectivity index (χ1n) is 5.44. The van der Waals surface area contributed by atoms with Crippen molar-refractivity contribution in [3.05, 3.63) is 57.0 Å². The second-order valence-corrected chi connectivity index (χ2v) is 5.30. The van der Waals surface area contributed by atoms with Crippen molar-refractivity contribution in [3.8, 4) is 11.5 Å². The summed E-state index contributed by atoms with van der Waals surface area (Å²) < 4.78 is 6.42. The lowest BCUT2D eigenvalue weighted by atomic mass is 10.1. The van der Waals surface area contributed by atoms with Crippen LogP contribution in [0.4, 0.5) is 0 Å². The van der Waals surface area contributed by atoms with Crippen LogP contribution in [0.2, 0.25) is 5.02 Å². The summed E-state index contributed by atoms with van der Waals surface area (Å²) >= 11 is 9.34. The SMILES string of the molecule is Cc1ccc(C(=O)O)c(Oc2cc(Br)ccc2Cl)c1. The van der Waals surface area contributed by atoms with Crippen molar-refractivity contribution in [2.24, 2.45) is 0 Å². The van der Waals surface area contributed by atoms with Gasteiger partial charge >= 0.3 is 5.97 Å². The van der Waals surface area contributed by atoms with E-state index >= 15 is 0 Å². The second kappa shape index (κ2) is 5.63. The molecule has 98 valence electrons. The van der Waals surface area contributed by atoms with Gasteiger partial charge in [-0.2, -0.15) is 0 Å². The number of carboxylic acids is 1. The molecule has 1 N–H and O–H groups in total. The van der Waals surface area contributed by atoms with Gasteiger partial charge in [0.25, 0.3) is 0 Å². The molecular formula is C14H10BrClO3. The molecule has 0 aliphatic rings. The van der Waals surface area contributed by atoms with Crippen molar-refractivity contribution in [2.75, 3.05) is 0 Å². The fraction of sp³-hybridized carbons (Fsp3) is 0.0714. The zero-order chi connectivity index (χ0) is 14.0. The molecule has 0 saturated carbocycles. The highest BCUT2D eigenvalue weighted by Gasteiger charge is 2.13. The summed E-state index contributed by atoms with van der Waals surface area (Å²) in [5.41, 5.74) is 1.01. The Labute approximate surface area is 123 Å². The fourth-order valence-corrected chi connectivity index (χ4v) is 2.06. The summed E-state index contributed by atoms with van der Waals surface area (Å²) in [4.78, 5) is 11.2. The first kappa shape index (κ1) is 13.9. The zero-order valence-electron chi connectivity index (χ0n) is 9.98. The largest absolute Gasteiger partial charge is 0.478 e. The highest BCUT2D eigenvalue weighted by Crippen LogP contribution is 2.33. The van der Waals surface area contributed by atoms with Crippen LogP contribution in [0, 0.1) is 6.92 Å². The van der Waals surface area contributed by atoms with Gasteiger partial charge in [-0.05, 0) is 42.8 Å². The van der Waals surface area contributed by atoms with Crippen molar-refractivity contribution in [1.82, 2.24) is 0 Å². The normalized spacial score (nSPS) is 10.3. The number of hydrogen-bond acceptors (Lipinski definition) is 2. The van der Waals surface area contributed by atoms with Crippen LogP contribution >= 0.6 is 27.5 Å². The molecule has 3 nitrogen and oxygen atoms in total. The monoisotopic (exact) mass is 340 g/mol. The Morgan fingerprint density at radius 3 is 2.63 bits per heavy atom. The predicted octanol–water partition coefficient (Wildman–Crippen LogP) is 4.90. The maximum Gasteiger partial charge on any atom is 0.339 e. The van der Waals surface area contributed by atoms with E-state index in [9.17, 15) is 4.79 Å². The summed E-state index contributed by atoms with van der Waals surface area (Å²) in [6.45, 7) is 1.86. The van der Waals surface area contributed by atoms with Crippen molar-refractivity contribution >= 4 is 33.5 Å². The number of benzene rings is 2. The van der Waals surface area contributed by atoms with E-state index in [4.69, 9.17) is 21.4 Å². The average Bonchev–Trinajstić information content (AvgIpc) is 2.33. The van der Waals surface area contributed by atoms with Gasteiger partial charge in [-0.15, -0.1) is 0 Å². The van der Waals surface area contributed by atoms with E-state index < -0.39 is 5.97 Å². The maximum atomic E-state index is 11.2. The van der Waals surface area contributed by atoms with Crippen molar-refractivity contribution in [1.29, 1.82) is 0 Å². The van der Waals surface area contributed by atoms with Crippen LogP contribution in [0.1, 0.15) is 15.9 Å². The van der Waals surface area contributed by atoms with Crippen molar-refractivity contribution in [3.63, 3.8) is 0 Å². The van der Waals surface area contributed by atoms with E-state index in [-0.39, 0.29) is 11.3 Å². The van der Waals surface area contributed by atoms with Crippen LogP contribution < -0.4 is 4.74 Å². The lowest BCUT2D eigenvalue weighted by Crippen LogP contribution is -2.00. The summed E-state index contributed by atoms with van der Waals surface area (Å²) in [7, 11) is 0. The third kappa shape index (κ3) is 3.28. The number of halogens is 2. The summed E-state index contributed by atoms with van der Waals surface area (Å²) in [5.74, 6) is -0.363. The molecule has 0 heterocycles. The molecule has 0 unspecified atom stereocenters. The molecule has 0 atom stereocenters. The van der Waals surface area contributed by atoms with Crippen LogP contribution in [-0.4, -0.2) is 11.1 Å². The van der Waals surface area contributed by atoms with E-state index in [0.717, 1.165) is 10.0 Å². The maximum absolute atomic E-state index is 11.2. The highest BCUT2D eigenvalue weighted by molar-refractivity contribution is 9.10. The van der Waals surface area contributed by atoms with Crippen LogP contribution in [0.3, 0.4) is 0 Å². The molecule has 0 radical (unpaired) electrons. The van der Waals surface area contributed by atoms with E-state index in [0.29, 0.717) is 10.8 Å². The summed E-state index contributed by atoms with van der Waals surface area (Å²) in [5, 5.41) is 9.55. The third-order valence-corrected chi connectivity index (χ3v) is 3.29. The number of aryl methyl sites for hydroxylation is 1. The number of carboxylic acid groups (broad SMARTS) is 1. The minimum absolute atomic E-state index is 0.0987. The van der Waals surface area contributed by atoms with Gasteiger partial charge in [-0.3, -0.25) is 0 Å². The molecule has 0 fully saturated rings. The van der Waals surface area contributed by atoms with Gasteiger partial charge in [-0.1, -0.05) is 33.6 Å². The highest BCUT2D eigenvalue weighted by atomic mass is 79.9. The molecule has 19 heavy (non-hydrogen) atoms. The lowest BCUT2D eigenvalue weighted by molar-refractivity contribution is 0.0694. The minimum atomic E-state index is -1.04. The minimum Gasteiger partial charge on any atom is -0.478 e. The molecular weight excluding hydrogens is 332 g/mol. The summed E-state index contributed by atoms with van der Waals surface area (Å²) in [6.07, 6.45) is 0. The quantitative estimate of drug-likeness (QED) is 0.863. The van der Waals surface area contributed by atoms with E-state index in [1.54, 1.807) is 30.3 Å². The van der Waals surface area contributed by atoms with Crippen molar-refractivity contribution in [2.45, 2.75) is 6.92 Å². The molecule has 5 heteroatoms. The molecule has 0 aliphatic carbocycles. The molecule has 0 saturated heterocycles. The van der Waals surface area contributed by atoms with Gasteiger partial charge in [0.2, 0.25) is 0 Å². The van der Waals surface area contributed by atoms with Gasteiger partial charge < -0.3 is 9.84 Å². The van der Waals surface area contributed by atoms with Crippen LogP contribution in [0.25, 0.3) is 0 Å². The number of hydrogen-bond donors (Lipinski definition) is 1. The van der Waals surface area contributed by atoms with E-state index in [1.807, 2.05) is 6.92 Å². The molecule has 0 amide bonds. The molecule has 2 aromatic rings. The van der Waals surface area contributed by atoms with Crippen molar-refractivity contribution < 1.29 is 14.6 Å². The molecule has 2 rings (SSSR count). The Kier molecular flexibility index (Phi) is 4.12. The van der Waals surface area contributed by atoms with Gasteiger partial charge in [0, 0.05) is 4.47 Å². The fourth-order valence-electron chi connectivity index (χ4n) is 1.56. The summed E-state index contributed by atoms with van der Waals surface area (Å²) in [6, 6.07) is 10.1. The molecule has 0 aliphatic heterocycles. The topological polar surface area (TPSA) is 46.5 Å². The Bertz CT molecular complexity index is 641. The Balaban J connectivity index is 2.45. The van der Waals surface area contributed by atoms with Gasteiger partial charge in [-0.25, -0.2) is 4.79 Å². The van der Waals surface area contributed by atoms with Gasteiger partial charge in [0.15, 0.2) is 0 Å². The van der Waals surface area contributed by atoms with Crippen LogP contribution in [-0.2, 0) is 0 Å². The zero-order valence-corrected chi connectivity index (χ0v) is 12.3. The number of rotatable bonds is 3. The standard InChI is InChI=1S/C14H10BrClO3/c1-8-2-4-10(14(17)18)12(6-8)19-13-7-9(15)3-5-11(13)16/h2-7H,1H3,(H,17,18). The molecule has 0 bridgehead atoms.